The van der Waals surface area contributed by atoms with E-state index in [2.05, 4.69) is 50.0 Å². The molecule has 3 atom stereocenters. The van der Waals surface area contributed by atoms with E-state index in [1.165, 1.54) is 45.3 Å². The molecule has 112 valence electrons. The Morgan fingerprint density at radius 2 is 1.89 bits per heavy atom. The number of rotatable bonds is 2. The second-order valence-electron chi connectivity index (χ2n) is 7.42. The van der Waals surface area contributed by atoms with Crippen LogP contribution in [0.15, 0.2) is 0 Å². The highest BCUT2D eigenvalue weighted by molar-refractivity contribution is 4.99. The lowest BCUT2D eigenvalue weighted by Crippen LogP contribution is -2.60. The minimum atomic E-state index is 0.426. The van der Waals surface area contributed by atoms with Crippen molar-refractivity contribution in [3.05, 3.63) is 0 Å². The number of nitrogens with one attached hydrogen (secondary N) is 1. The zero-order valence-electron chi connectivity index (χ0n) is 13.6. The van der Waals surface area contributed by atoms with Crippen molar-refractivity contribution in [3.8, 4) is 0 Å². The standard InChI is InChI=1S/C16H33N3/c1-13-12-18(5)10-7-11-19(13)14-8-6-9-16(2,3)15(14)17-4/h13-15,17H,6-12H2,1-5H3. The van der Waals surface area contributed by atoms with Crippen LogP contribution in [0, 0.1) is 5.41 Å². The van der Waals surface area contributed by atoms with Crippen LogP contribution in [0.25, 0.3) is 0 Å². The average Bonchev–Trinajstić information content (AvgIpc) is 2.48. The maximum absolute atomic E-state index is 3.64. The lowest BCUT2D eigenvalue weighted by atomic mass is 9.70. The van der Waals surface area contributed by atoms with Gasteiger partial charge in [0.25, 0.3) is 0 Å². The normalized spacial score (nSPS) is 38.1. The summed E-state index contributed by atoms with van der Waals surface area (Å²) >= 11 is 0. The highest BCUT2D eigenvalue weighted by Gasteiger charge is 2.42. The summed E-state index contributed by atoms with van der Waals surface area (Å²) in [6, 6.07) is 2.03. The zero-order chi connectivity index (χ0) is 14.0. The molecule has 0 aromatic rings. The molecule has 1 N–H and O–H groups in total. The van der Waals surface area contributed by atoms with Gasteiger partial charge in [0.2, 0.25) is 0 Å². The van der Waals surface area contributed by atoms with Gasteiger partial charge in [-0.2, -0.15) is 0 Å². The topological polar surface area (TPSA) is 18.5 Å². The van der Waals surface area contributed by atoms with Crippen LogP contribution in [0.4, 0.5) is 0 Å². The van der Waals surface area contributed by atoms with Gasteiger partial charge in [0, 0.05) is 31.2 Å². The zero-order valence-corrected chi connectivity index (χ0v) is 13.6. The van der Waals surface area contributed by atoms with Crippen LogP contribution < -0.4 is 5.32 Å². The number of nitrogens with zero attached hydrogens (tertiary/aromatic N) is 2. The van der Waals surface area contributed by atoms with E-state index in [4.69, 9.17) is 0 Å². The molecule has 1 aliphatic carbocycles. The highest BCUT2D eigenvalue weighted by atomic mass is 15.3. The first-order valence-electron chi connectivity index (χ1n) is 8.07. The smallest absolute Gasteiger partial charge is 0.0271 e. The molecule has 2 rings (SSSR count). The van der Waals surface area contributed by atoms with Crippen molar-refractivity contribution in [1.82, 2.24) is 15.1 Å². The van der Waals surface area contributed by atoms with Gasteiger partial charge in [-0.1, -0.05) is 20.3 Å². The van der Waals surface area contributed by atoms with Crippen LogP contribution in [0.2, 0.25) is 0 Å². The molecular formula is C16H33N3. The number of hydrogen-bond donors (Lipinski definition) is 1. The van der Waals surface area contributed by atoms with Crippen molar-refractivity contribution in [2.45, 2.75) is 64.6 Å². The second kappa shape index (κ2) is 6.11. The van der Waals surface area contributed by atoms with Gasteiger partial charge >= 0.3 is 0 Å². The van der Waals surface area contributed by atoms with Crippen LogP contribution in [-0.2, 0) is 0 Å². The van der Waals surface area contributed by atoms with Crippen LogP contribution in [0.5, 0.6) is 0 Å². The molecule has 0 bridgehead atoms. The van der Waals surface area contributed by atoms with Crippen molar-refractivity contribution in [2.75, 3.05) is 33.7 Å². The maximum atomic E-state index is 3.64. The van der Waals surface area contributed by atoms with Gasteiger partial charge in [-0.25, -0.2) is 0 Å². The van der Waals surface area contributed by atoms with E-state index in [0.29, 0.717) is 17.5 Å². The van der Waals surface area contributed by atoms with Crippen molar-refractivity contribution in [1.29, 1.82) is 0 Å². The predicted molar refractivity (Wildman–Crippen MR) is 82.5 cm³/mol. The molecular weight excluding hydrogens is 234 g/mol. The van der Waals surface area contributed by atoms with Gasteiger partial charge in [0.15, 0.2) is 0 Å². The van der Waals surface area contributed by atoms with Gasteiger partial charge in [0.05, 0.1) is 0 Å². The summed E-state index contributed by atoms with van der Waals surface area (Å²) in [5.41, 5.74) is 0.426. The monoisotopic (exact) mass is 267 g/mol. The van der Waals surface area contributed by atoms with Crippen LogP contribution in [0.1, 0.15) is 46.5 Å². The van der Waals surface area contributed by atoms with E-state index in [9.17, 15) is 0 Å². The molecule has 2 fully saturated rings. The summed E-state index contributed by atoms with van der Waals surface area (Å²) in [7, 11) is 4.42. The Labute approximate surface area is 119 Å². The quantitative estimate of drug-likeness (QED) is 0.827. The Morgan fingerprint density at radius 3 is 2.58 bits per heavy atom. The molecule has 0 spiro atoms. The molecule has 1 saturated carbocycles. The maximum Gasteiger partial charge on any atom is 0.0271 e. The third kappa shape index (κ3) is 3.32. The lowest BCUT2D eigenvalue weighted by Gasteiger charge is -2.49. The SMILES string of the molecule is CNC1C(N2CCCN(C)CC2C)CCCC1(C)C. The van der Waals surface area contributed by atoms with E-state index in [-0.39, 0.29) is 0 Å². The van der Waals surface area contributed by atoms with E-state index in [1.807, 2.05) is 0 Å². The third-order valence-corrected chi connectivity index (χ3v) is 5.38. The second-order valence-corrected chi connectivity index (χ2v) is 7.42. The lowest BCUT2D eigenvalue weighted by molar-refractivity contribution is 0.0318. The summed E-state index contributed by atoms with van der Waals surface area (Å²) in [4.78, 5) is 5.29. The predicted octanol–water partition coefficient (Wildman–Crippen LogP) is 2.18. The molecule has 0 aromatic heterocycles. The molecule has 3 heteroatoms. The van der Waals surface area contributed by atoms with Gasteiger partial charge in [-0.15, -0.1) is 0 Å². The summed E-state index contributed by atoms with van der Waals surface area (Å²) in [5, 5.41) is 3.64. The van der Waals surface area contributed by atoms with Crippen molar-refractivity contribution in [2.24, 2.45) is 5.41 Å². The molecule has 1 heterocycles. The molecule has 0 radical (unpaired) electrons. The largest absolute Gasteiger partial charge is 0.315 e. The minimum absolute atomic E-state index is 0.426. The van der Waals surface area contributed by atoms with Crippen LogP contribution in [-0.4, -0.2) is 61.7 Å². The molecule has 1 aliphatic heterocycles. The fraction of sp³-hybridized carbons (Fsp3) is 1.00. The first kappa shape index (κ1) is 15.3. The Morgan fingerprint density at radius 1 is 1.16 bits per heavy atom. The summed E-state index contributed by atoms with van der Waals surface area (Å²) in [6.07, 6.45) is 5.42. The number of hydrogen-bond acceptors (Lipinski definition) is 3. The average molecular weight is 267 g/mol. The molecule has 19 heavy (non-hydrogen) atoms. The molecule has 3 unspecified atom stereocenters. The van der Waals surface area contributed by atoms with E-state index in [0.717, 1.165) is 6.04 Å². The van der Waals surface area contributed by atoms with E-state index >= 15 is 0 Å². The molecule has 0 amide bonds. The van der Waals surface area contributed by atoms with Crippen LogP contribution >= 0.6 is 0 Å². The van der Waals surface area contributed by atoms with Gasteiger partial charge in [-0.05, 0) is 52.2 Å². The third-order valence-electron chi connectivity index (χ3n) is 5.38. The van der Waals surface area contributed by atoms with Gasteiger partial charge in [-0.3, -0.25) is 4.90 Å². The van der Waals surface area contributed by atoms with Gasteiger partial charge in [0.1, 0.15) is 0 Å². The van der Waals surface area contributed by atoms with Gasteiger partial charge < -0.3 is 10.2 Å². The molecule has 2 aliphatic rings. The minimum Gasteiger partial charge on any atom is -0.315 e. The Bertz CT molecular complexity index is 290. The van der Waals surface area contributed by atoms with Crippen molar-refractivity contribution >= 4 is 0 Å². The van der Waals surface area contributed by atoms with Crippen LogP contribution in [0.3, 0.4) is 0 Å². The number of likely N-dealkylation sites (N-methyl/N-ethyl adjacent to an activating group) is 2. The Hall–Kier alpha value is -0.120. The van der Waals surface area contributed by atoms with Crippen molar-refractivity contribution in [3.63, 3.8) is 0 Å². The van der Waals surface area contributed by atoms with Crippen molar-refractivity contribution < 1.29 is 0 Å². The van der Waals surface area contributed by atoms with E-state index in [1.54, 1.807) is 0 Å². The highest BCUT2D eigenvalue weighted by Crippen LogP contribution is 2.38. The first-order chi connectivity index (χ1) is 8.95. The molecule has 3 nitrogen and oxygen atoms in total. The van der Waals surface area contributed by atoms with E-state index < -0.39 is 0 Å². The first-order valence-corrected chi connectivity index (χ1v) is 8.07. The fourth-order valence-corrected chi connectivity index (χ4v) is 4.43. The summed E-state index contributed by atoms with van der Waals surface area (Å²) in [6.45, 7) is 11.0. The Kier molecular flexibility index (Phi) is 4.91. The molecule has 0 aromatic carbocycles. The summed E-state index contributed by atoms with van der Waals surface area (Å²) in [5.74, 6) is 0. The Balaban J connectivity index is 2.13. The fourth-order valence-electron chi connectivity index (χ4n) is 4.43. The summed E-state index contributed by atoms with van der Waals surface area (Å²) < 4.78 is 0. The molecule has 1 saturated heterocycles.